The molecule has 0 saturated heterocycles. The van der Waals surface area contributed by atoms with E-state index in [1.165, 1.54) is 36.4 Å². The fourth-order valence-corrected chi connectivity index (χ4v) is 2.68. The highest BCUT2D eigenvalue weighted by Gasteiger charge is 2.19. The molecule has 0 spiro atoms. The third kappa shape index (κ3) is 4.29. The minimum absolute atomic E-state index is 0.107. The molecule has 11 heteroatoms. The molecule has 0 aliphatic rings. The molecule has 2 aromatic carbocycles. The van der Waals surface area contributed by atoms with Crippen LogP contribution in [0.3, 0.4) is 0 Å². The van der Waals surface area contributed by atoms with Crippen molar-refractivity contribution in [1.82, 2.24) is 9.97 Å². The summed E-state index contributed by atoms with van der Waals surface area (Å²) in [5.41, 5.74) is 5.55. The van der Waals surface area contributed by atoms with Gasteiger partial charge in [0, 0.05) is 11.3 Å². The molecule has 0 unspecified atom stereocenters. The summed E-state index contributed by atoms with van der Waals surface area (Å²) in [6, 6.07) is 7.71. The summed E-state index contributed by atoms with van der Waals surface area (Å²) in [5, 5.41) is 22.4. The van der Waals surface area contributed by atoms with Gasteiger partial charge in [-0.2, -0.15) is 4.98 Å². The molecule has 31 heavy (non-hydrogen) atoms. The number of hydrogen-bond donors (Lipinski definition) is 4. The molecular formula is C20H17FN4O6. The minimum Gasteiger partial charge on any atom is -0.507 e. The van der Waals surface area contributed by atoms with E-state index in [9.17, 15) is 24.2 Å². The van der Waals surface area contributed by atoms with Gasteiger partial charge in [-0.15, -0.1) is 0 Å². The Morgan fingerprint density at radius 3 is 2.16 bits per heavy atom. The van der Waals surface area contributed by atoms with Crippen LogP contribution in [0.15, 0.2) is 36.4 Å². The van der Waals surface area contributed by atoms with Gasteiger partial charge in [-0.05, 0) is 36.4 Å². The number of halogens is 1. The zero-order valence-corrected chi connectivity index (χ0v) is 16.3. The number of anilines is 3. The number of hydrogen-bond acceptors (Lipinski definition) is 10. The zero-order valence-electron chi connectivity index (χ0n) is 16.3. The van der Waals surface area contributed by atoms with Crippen LogP contribution in [0.2, 0.25) is 0 Å². The van der Waals surface area contributed by atoms with Crippen LogP contribution in [-0.4, -0.2) is 46.3 Å². The Balaban J connectivity index is 2.03. The van der Waals surface area contributed by atoms with Crippen LogP contribution in [-0.2, 0) is 9.47 Å². The molecule has 10 nitrogen and oxygen atoms in total. The Bertz CT molecular complexity index is 1180. The number of methoxy groups -OCH3 is 2. The van der Waals surface area contributed by atoms with Crippen molar-refractivity contribution < 1.29 is 33.7 Å². The lowest BCUT2D eigenvalue weighted by molar-refractivity contribution is 0.0588. The molecule has 160 valence electrons. The number of ether oxygens (including phenoxy) is 2. The van der Waals surface area contributed by atoms with E-state index in [2.05, 4.69) is 24.8 Å². The molecule has 3 aromatic rings. The quantitative estimate of drug-likeness (QED) is 0.352. The molecule has 1 aromatic heterocycles. The second kappa shape index (κ2) is 8.53. The maximum Gasteiger partial charge on any atom is 0.341 e. The zero-order chi connectivity index (χ0) is 22.7. The van der Waals surface area contributed by atoms with Gasteiger partial charge in [0.15, 0.2) is 11.6 Å². The Morgan fingerprint density at radius 1 is 0.968 bits per heavy atom. The van der Waals surface area contributed by atoms with E-state index in [0.29, 0.717) is 0 Å². The molecule has 0 aliphatic heterocycles. The summed E-state index contributed by atoms with van der Waals surface area (Å²) < 4.78 is 23.8. The first-order valence-electron chi connectivity index (χ1n) is 8.68. The molecule has 5 N–H and O–H groups in total. The second-order valence-electron chi connectivity index (χ2n) is 6.17. The van der Waals surface area contributed by atoms with E-state index in [1.807, 2.05) is 0 Å². The van der Waals surface area contributed by atoms with Crippen LogP contribution in [0.5, 0.6) is 11.5 Å². The number of esters is 2. The van der Waals surface area contributed by atoms with Gasteiger partial charge >= 0.3 is 11.9 Å². The van der Waals surface area contributed by atoms with Crippen molar-refractivity contribution in [2.24, 2.45) is 0 Å². The number of carbonyl (C=O) groups is 2. The molecule has 0 saturated carbocycles. The molecule has 0 amide bonds. The van der Waals surface area contributed by atoms with E-state index >= 15 is 0 Å². The minimum atomic E-state index is -0.937. The van der Waals surface area contributed by atoms with Gasteiger partial charge in [-0.1, -0.05) is 0 Å². The number of phenolic OH excluding ortho intramolecular Hbond substituents is 2. The fraction of sp³-hybridized carbons (Fsp3) is 0.100. The SMILES string of the molecule is COC(=O)c1cc(Nc2nc(N)c(F)c(-c3ccc(O)c(C(=O)OC)c3)n2)ccc1O. The number of aromatic hydroxyl groups is 2. The van der Waals surface area contributed by atoms with Crippen molar-refractivity contribution in [3.8, 4) is 22.8 Å². The van der Waals surface area contributed by atoms with Crippen molar-refractivity contribution in [2.45, 2.75) is 0 Å². The van der Waals surface area contributed by atoms with Crippen LogP contribution in [0.4, 0.5) is 21.8 Å². The summed E-state index contributed by atoms with van der Waals surface area (Å²) in [7, 11) is 2.30. The third-order valence-corrected chi connectivity index (χ3v) is 4.21. The Hall–Kier alpha value is -4.41. The summed E-state index contributed by atoms with van der Waals surface area (Å²) in [6.45, 7) is 0. The topological polar surface area (TPSA) is 157 Å². The van der Waals surface area contributed by atoms with Gasteiger partial charge in [0.2, 0.25) is 5.95 Å². The van der Waals surface area contributed by atoms with E-state index in [0.717, 1.165) is 14.2 Å². The summed E-state index contributed by atoms with van der Waals surface area (Å²) in [4.78, 5) is 31.5. The highest BCUT2D eigenvalue weighted by Crippen LogP contribution is 2.30. The average Bonchev–Trinajstić information content (AvgIpc) is 2.76. The van der Waals surface area contributed by atoms with Crippen LogP contribution in [0, 0.1) is 5.82 Å². The number of nitrogens with one attached hydrogen (secondary N) is 1. The lowest BCUT2D eigenvalue weighted by Gasteiger charge is -2.12. The first-order chi connectivity index (χ1) is 14.7. The number of rotatable bonds is 5. The lowest BCUT2D eigenvalue weighted by atomic mass is 10.1. The van der Waals surface area contributed by atoms with Gasteiger partial charge in [0.05, 0.1) is 14.2 Å². The van der Waals surface area contributed by atoms with Crippen molar-refractivity contribution in [3.63, 3.8) is 0 Å². The number of nitrogen functional groups attached to an aromatic ring is 1. The first kappa shape index (κ1) is 21.3. The monoisotopic (exact) mass is 428 g/mol. The van der Waals surface area contributed by atoms with Crippen molar-refractivity contribution >= 4 is 29.4 Å². The lowest BCUT2D eigenvalue weighted by Crippen LogP contribution is -2.07. The van der Waals surface area contributed by atoms with Crippen LogP contribution < -0.4 is 11.1 Å². The van der Waals surface area contributed by atoms with Gasteiger partial charge in [-0.25, -0.2) is 19.0 Å². The number of phenols is 2. The summed E-state index contributed by atoms with van der Waals surface area (Å²) in [5.74, 6) is -3.77. The predicted octanol–water partition coefficient (Wildman–Crippen LogP) is 2.59. The van der Waals surface area contributed by atoms with E-state index in [-0.39, 0.29) is 45.5 Å². The Morgan fingerprint density at radius 2 is 1.55 bits per heavy atom. The second-order valence-corrected chi connectivity index (χ2v) is 6.17. The first-order valence-corrected chi connectivity index (χ1v) is 8.68. The normalized spacial score (nSPS) is 10.4. The van der Waals surface area contributed by atoms with Crippen LogP contribution in [0.1, 0.15) is 20.7 Å². The predicted molar refractivity (Wildman–Crippen MR) is 108 cm³/mol. The van der Waals surface area contributed by atoms with Gasteiger partial charge in [0.1, 0.15) is 28.3 Å². The molecule has 0 bridgehead atoms. The number of carbonyl (C=O) groups excluding carboxylic acids is 2. The van der Waals surface area contributed by atoms with E-state index < -0.39 is 23.6 Å². The molecule has 3 rings (SSSR count). The number of nitrogens with two attached hydrogens (primary N) is 1. The fourth-order valence-electron chi connectivity index (χ4n) is 2.68. The number of nitrogens with zero attached hydrogens (tertiary/aromatic N) is 2. The van der Waals surface area contributed by atoms with Crippen LogP contribution >= 0.6 is 0 Å². The van der Waals surface area contributed by atoms with Crippen molar-refractivity contribution in [2.75, 3.05) is 25.3 Å². The smallest absolute Gasteiger partial charge is 0.341 e. The molecule has 0 atom stereocenters. The van der Waals surface area contributed by atoms with Gasteiger partial charge in [0.25, 0.3) is 0 Å². The summed E-state index contributed by atoms with van der Waals surface area (Å²) in [6.07, 6.45) is 0. The van der Waals surface area contributed by atoms with Gasteiger partial charge < -0.3 is 30.7 Å². The summed E-state index contributed by atoms with van der Waals surface area (Å²) >= 11 is 0. The standard InChI is InChI=1S/C20H17FN4O6/c1-30-18(28)11-7-9(3-5-13(11)26)16-15(21)17(22)25-20(24-16)23-10-4-6-14(27)12(8-10)19(29)31-2/h3-8,26-27H,1-2H3,(H3,22,23,24,25). The molecule has 0 radical (unpaired) electrons. The van der Waals surface area contributed by atoms with Crippen molar-refractivity contribution in [1.29, 1.82) is 0 Å². The highest BCUT2D eigenvalue weighted by atomic mass is 19.1. The average molecular weight is 428 g/mol. The van der Waals surface area contributed by atoms with E-state index in [1.54, 1.807) is 0 Å². The number of benzene rings is 2. The maximum absolute atomic E-state index is 14.6. The number of aromatic nitrogens is 2. The highest BCUT2D eigenvalue weighted by molar-refractivity contribution is 5.94. The van der Waals surface area contributed by atoms with Crippen molar-refractivity contribution in [3.05, 3.63) is 53.3 Å². The maximum atomic E-state index is 14.6. The largest absolute Gasteiger partial charge is 0.507 e. The molecular weight excluding hydrogens is 411 g/mol. The van der Waals surface area contributed by atoms with Crippen LogP contribution in [0.25, 0.3) is 11.3 Å². The molecule has 0 aliphatic carbocycles. The molecule has 1 heterocycles. The third-order valence-electron chi connectivity index (χ3n) is 4.21. The van der Waals surface area contributed by atoms with E-state index in [4.69, 9.17) is 5.73 Å². The molecule has 0 fully saturated rings. The van der Waals surface area contributed by atoms with Gasteiger partial charge in [-0.3, -0.25) is 0 Å². The Kier molecular flexibility index (Phi) is 5.86. The Labute approximate surface area is 175 Å².